The number of amides is 4. The van der Waals surface area contributed by atoms with E-state index >= 15 is 19.2 Å². The van der Waals surface area contributed by atoms with Gasteiger partial charge in [0, 0.05) is 25.2 Å². The van der Waals surface area contributed by atoms with Crippen LogP contribution in [0.3, 0.4) is 0 Å². The highest BCUT2D eigenvalue weighted by Gasteiger charge is 2.76. The van der Waals surface area contributed by atoms with E-state index in [0.29, 0.717) is 59.0 Å². The molecule has 0 aromatic heterocycles. The molecule has 14 heteroatoms. The highest BCUT2D eigenvalue weighted by atomic mass is 16.6. The van der Waals surface area contributed by atoms with Gasteiger partial charge in [-0.15, -0.1) is 0 Å². The average molecular weight is 1070 g/mol. The summed E-state index contributed by atoms with van der Waals surface area (Å²) in [5.74, 6) is 4.80. The van der Waals surface area contributed by atoms with Crippen LogP contribution in [0.5, 0.6) is 17.2 Å². The second-order valence-corrected chi connectivity index (χ2v) is 20.8. The molecule has 80 heavy (non-hydrogen) atoms. The van der Waals surface area contributed by atoms with Crippen LogP contribution in [-0.2, 0) is 44.0 Å². The Hall–Kier alpha value is -8.74. The van der Waals surface area contributed by atoms with Crippen LogP contribution in [0.1, 0.15) is 81.2 Å². The first-order valence-electron chi connectivity index (χ1n) is 27.0. The van der Waals surface area contributed by atoms with E-state index in [1.54, 1.807) is 43.4 Å². The standard InChI is InChI=1S/C66H63N5O9/c1-43(46-22-11-6-12-23-46)67-65(76)70-54-31-30-44(21-18-33-68(2)41-45-19-9-5-10-20-45)37-53(54)66(64(70)75)57(62(73)69-34-32-49-39-55(77-3)56(78-4)40-51(49)42-69)59-63(74)80-60(48-26-15-8-16-27-48)58(47-24-13-7-14-25-47)71(59)61(66)50-28-17-29-52(38-50)79-36-35-72/h5-17,19-20,22-31,37-40,43,57-61,72H,32-36,41-42H2,1-4H3,(H,67,76)/t43-,57+,58+,59+,60-,61-,66+/m1/s1. The summed E-state index contributed by atoms with van der Waals surface area (Å²) in [4.78, 5) is 72.3. The number of fused-ring (bicyclic) bond motifs is 4. The minimum atomic E-state index is -2.04. The van der Waals surface area contributed by atoms with Crippen LogP contribution in [0.25, 0.3) is 0 Å². The molecule has 0 bridgehead atoms. The lowest BCUT2D eigenvalue weighted by Gasteiger charge is -2.46. The summed E-state index contributed by atoms with van der Waals surface area (Å²) in [6.45, 7) is 2.99. The van der Waals surface area contributed by atoms with Gasteiger partial charge in [-0.05, 0) is 107 Å². The van der Waals surface area contributed by atoms with Gasteiger partial charge in [-0.2, -0.15) is 0 Å². The number of ether oxygens (including phenoxy) is 4. The molecular weight excluding hydrogens is 1010 g/mol. The molecule has 4 aliphatic rings. The van der Waals surface area contributed by atoms with E-state index in [4.69, 9.17) is 18.9 Å². The first-order valence-corrected chi connectivity index (χ1v) is 27.0. The van der Waals surface area contributed by atoms with Crippen molar-refractivity contribution in [3.05, 3.63) is 226 Å². The van der Waals surface area contributed by atoms with Crippen molar-refractivity contribution < 1.29 is 43.2 Å². The number of esters is 1. The molecule has 406 valence electrons. The number of aliphatic hydroxyl groups is 1. The molecule has 7 atom stereocenters. The number of urea groups is 1. The zero-order valence-corrected chi connectivity index (χ0v) is 45.2. The number of hydrogen-bond acceptors (Lipinski definition) is 11. The molecule has 0 saturated carbocycles. The molecule has 14 nitrogen and oxygen atoms in total. The fraction of sp³-hybridized carbons (Fsp3) is 0.273. The SMILES string of the molecule is COc1cc2c(cc1OC)CN(C(=O)[C@@H]1[C@H]3C(=O)O[C@H](c4ccccc4)[C@H](c4ccccc4)N3[C@H](c3cccc(OCCO)c3)[C@@]13C(=O)N(C(=O)N[C@H](C)c1ccccc1)c1ccc(C#CCN(C)Cc4ccccc4)cc13)CC2. The maximum atomic E-state index is 17.1. The minimum absolute atomic E-state index is 0.0211. The van der Waals surface area contributed by atoms with Gasteiger partial charge in [0.2, 0.25) is 11.8 Å². The number of methoxy groups -OCH3 is 2. The number of rotatable bonds is 14. The molecule has 2 saturated heterocycles. The maximum absolute atomic E-state index is 17.1. The van der Waals surface area contributed by atoms with E-state index in [1.807, 2.05) is 158 Å². The molecular formula is C66H63N5O9. The molecule has 7 aromatic rings. The Morgan fingerprint density at radius 2 is 1.43 bits per heavy atom. The molecule has 7 aromatic carbocycles. The number of nitrogens with one attached hydrogen (secondary N) is 1. The Bertz CT molecular complexity index is 3480. The third-order valence-electron chi connectivity index (χ3n) is 16.0. The monoisotopic (exact) mass is 1070 g/mol. The van der Waals surface area contributed by atoms with Gasteiger partial charge >= 0.3 is 12.0 Å². The van der Waals surface area contributed by atoms with E-state index < -0.39 is 65.4 Å². The Labute approximate surface area is 466 Å². The van der Waals surface area contributed by atoms with Crippen LogP contribution in [-0.4, -0.2) is 97.2 Å². The molecule has 4 amide bonds. The summed E-state index contributed by atoms with van der Waals surface area (Å²) in [5, 5.41) is 13.1. The number of nitrogens with zero attached hydrogens (tertiary/aromatic N) is 4. The van der Waals surface area contributed by atoms with Crippen molar-refractivity contribution >= 4 is 29.5 Å². The van der Waals surface area contributed by atoms with Gasteiger partial charge in [-0.3, -0.25) is 24.2 Å². The normalized spacial score (nSPS) is 21.4. The largest absolute Gasteiger partial charge is 0.493 e. The van der Waals surface area contributed by atoms with Crippen LogP contribution in [0.2, 0.25) is 0 Å². The third-order valence-corrected chi connectivity index (χ3v) is 16.0. The van der Waals surface area contributed by atoms with Gasteiger partial charge in [-0.1, -0.05) is 145 Å². The predicted molar refractivity (Wildman–Crippen MR) is 303 cm³/mol. The van der Waals surface area contributed by atoms with Crippen molar-refractivity contribution in [2.24, 2.45) is 5.92 Å². The van der Waals surface area contributed by atoms with Crippen molar-refractivity contribution in [2.45, 2.75) is 62.1 Å². The van der Waals surface area contributed by atoms with Crippen molar-refractivity contribution in [3.8, 4) is 29.1 Å². The highest BCUT2D eigenvalue weighted by molar-refractivity contribution is 6.24. The molecule has 0 unspecified atom stereocenters. The van der Waals surface area contributed by atoms with E-state index in [2.05, 4.69) is 34.2 Å². The van der Waals surface area contributed by atoms with Crippen molar-refractivity contribution in [1.29, 1.82) is 0 Å². The molecule has 2 N–H and O–H groups in total. The summed E-state index contributed by atoms with van der Waals surface area (Å²) in [6.07, 6.45) is -0.494. The average Bonchev–Trinajstić information content (AvgIpc) is 4.18. The second-order valence-electron chi connectivity index (χ2n) is 20.8. The molecule has 4 heterocycles. The number of hydrogen-bond donors (Lipinski definition) is 2. The lowest BCUT2D eigenvalue weighted by Crippen LogP contribution is -2.57. The summed E-state index contributed by atoms with van der Waals surface area (Å²) in [5.41, 5.74) is 4.84. The summed E-state index contributed by atoms with van der Waals surface area (Å²) in [7, 11) is 5.14. The smallest absolute Gasteiger partial charge is 0.329 e. The Balaban J connectivity index is 1.16. The van der Waals surface area contributed by atoms with Crippen LogP contribution < -0.4 is 24.4 Å². The number of morpholine rings is 1. The number of carbonyl (C=O) groups is 4. The van der Waals surface area contributed by atoms with Gasteiger partial charge in [0.25, 0.3) is 0 Å². The zero-order chi connectivity index (χ0) is 55.5. The molecule has 0 radical (unpaired) electrons. The number of anilines is 1. The number of carbonyl (C=O) groups excluding carboxylic acids is 4. The van der Waals surface area contributed by atoms with Gasteiger partial charge in [0.15, 0.2) is 11.5 Å². The van der Waals surface area contributed by atoms with E-state index in [1.165, 1.54) is 0 Å². The van der Waals surface area contributed by atoms with Crippen molar-refractivity contribution in [2.75, 3.05) is 52.5 Å². The minimum Gasteiger partial charge on any atom is -0.493 e. The van der Waals surface area contributed by atoms with Crippen LogP contribution in [0.15, 0.2) is 176 Å². The topological polar surface area (TPSA) is 150 Å². The lowest BCUT2D eigenvalue weighted by molar-refractivity contribution is -0.179. The van der Waals surface area contributed by atoms with E-state index in [-0.39, 0.29) is 32.0 Å². The van der Waals surface area contributed by atoms with E-state index in [9.17, 15) is 5.11 Å². The number of aliphatic hydroxyl groups excluding tert-OH is 1. The molecule has 1 spiro atoms. The Kier molecular flexibility index (Phi) is 15.3. The molecule has 0 aliphatic carbocycles. The van der Waals surface area contributed by atoms with Gasteiger partial charge in [0.1, 0.15) is 29.9 Å². The van der Waals surface area contributed by atoms with Crippen LogP contribution in [0, 0.1) is 17.8 Å². The van der Waals surface area contributed by atoms with Crippen molar-refractivity contribution in [3.63, 3.8) is 0 Å². The molecule has 4 aliphatic heterocycles. The summed E-state index contributed by atoms with van der Waals surface area (Å²) >= 11 is 0. The van der Waals surface area contributed by atoms with Crippen molar-refractivity contribution in [1.82, 2.24) is 20.0 Å². The first kappa shape index (κ1) is 53.3. The Morgan fingerprint density at radius 1 is 0.775 bits per heavy atom. The second kappa shape index (κ2) is 22.9. The quantitative estimate of drug-likeness (QED) is 0.0793. The molecule has 11 rings (SSSR count). The number of imide groups is 1. The van der Waals surface area contributed by atoms with Gasteiger partial charge in [-0.25, -0.2) is 9.69 Å². The third kappa shape index (κ3) is 9.82. The predicted octanol–water partition coefficient (Wildman–Crippen LogP) is 9.28. The Morgan fingerprint density at radius 3 is 2.11 bits per heavy atom. The summed E-state index contributed by atoms with van der Waals surface area (Å²) < 4.78 is 24.3. The summed E-state index contributed by atoms with van der Waals surface area (Å²) in [6, 6.07) is 50.5. The van der Waals surface area contributed by atoms with Crippen LogP contribution >= 0.6 is 0 Å². The molecule has 2 fully saturated rings. The van der Waals surface area contributed by atoms with E-state index in [0.717, 1.165) is 32.7 Å². The first-order chi connectivity index (χ1) is 39.0. The zero-order valence-electron chi connectivity index (χ0n) is 45.2. The van der Waals surface area contributed by atoms with Crippen LogP contribution in [0.4, 0.5) is 10.5 Å². The number of benzene rings is 7. The number of cyclic esters (lactones) is 1. The van der Waals surface area contributed by atoms with Gasteiger partial charge in [0.05, 0.1) is 57.1 Å². The fourth-order valence-electron chi connectivity index (χ4n) is 12.5. The van der Waals surface area contributed by atoms with Gasteiger partial charge < -0.3 is 34.3 Å². The highest BCUT2D eigenvalue weighted by Crippen LogP contribution is 2.66. The fourth-order valence-corrected chi connectivity index (χ4v) is 12.5. The lowest BCUT2D eigenvalue weighted by atomic mass is 9.64. The maximum Gasteiger partial charge on any atom is 0.329 e.